The third kappa shape index (κ3) is 5.11. The average Bonchev–Trinajstić information content (AvgIpc) is 3.46. The van der Waals surface area contributed by atoms with Crippen LogP contribution >= 0.6 is 0 Å². The van der Waals surface area contributed by atoms with Crippen LogP contribution in [-0.2, 0) is 4.74 Å². The Hall–Kier alpha value is -3.29. The average molecular weight is 470 g/mol. The molecular weight excluding hydrogens is 446 g/mol. The van der Waals surface area contributed by atoms with Crippen molar-refractivity contribution in [3.63, 3.8) is 0 Å². The first-order chi connectivity index (χ1) is 16.4. The Bertz CT molecular complexity index is 1220. The molecule has 1 saturated heterocycles. The van der Waals surface area contributed by atoms with Gasteiger partial charge < -0.3 is 29.4 Å². The van der Waals surface area contributed by atoms with Crippen molar-refractivity contribution in [1.29, 1.82) is 0 Å². The number of hydrogen-bond donors (Lipinski definition) is 3. The molecule has 0 amide bonds. The second-order valence-corrected chi connectivity index (χ2v) is 7.94. The Morgan fingerprint density at radius 3 is 2.53 bits per heavy atom. The number of nitrogens with zero attached hydrogens (tertiary/aromatic N) is 2. The summed E-state index contributed by atoms with van der Waals surface area (Å²) >= 11 is 0. The Kier molecular flexibility index (Phi) is 7.24. The number of aliphatic hydroxyl groups excluding tert-OH is 3. The second kappa shape index (κ2) is 10.3. The lowest BCUT2D eigenvalue weighted by molar-refractivity contribution is 0.0708. The van der Waals surface area contributed by atoms with Crippen molar-refractivity contribution in [2.75, 3.05) is 19.8 Å². The lowest BCUT2D eigenvalue weighted by Gasteiger charge is -2.16. The number of aromatic nitrogens is 2. The third-order valence-electron chi connectivity index (χ3n) is 5.47. The Balaban J connectivity index is 1.52. The largest absolute Gasteiger partial charge is 0.482 e. The molecule has 0 saturated carbocycles. The quantitative estimate of drug-likeness (QED) is 0.480. The van der Waals surface area contributed by atoms with Crippen LogP contribution in [0.25, 0.3) is 11.1 Å². The molecule has 4 rings (SSSR count). The number of rotatable bonds is 6. The predicted octanol–water partition coefficient (Wildman–Crippen LogP) is 2.61. The molecule has 1 aliphatic rings. The van der Waals surface area contributed by atoms with Gasteiger partial charge in [0.05, 0.1) is 25.4 Å². The standard InChI is InChI=1S/C25H24F2N2O5/c1-15(31)25-28-8-9-29(25)19(12-30)6-4-16-2-3-17(10-20(16)26)18-5-7-23(21(27)11-18)34-24-14-33-13-22(24)32/h2-3,5,7-11,15,19,22,24,30-32H,12-14H2,1H3/t15-,19-,22+,24+/m0/s1. The highest BCUT2D eigenvalue weighted by molar-refractivity contribution is 5.65. The van der Waals surface area contributed by atoms with Gasteiger partial charge in [0.1, 0.15) is 29.9 Å². The third-order valence-corrected chi connectivity index (χ3v) is 5.47. The van der Waals surface area contributed by atoms with Crippen molar-refractivity contribution < 1.29 is 33.6 Å². The summed E-state index contributed by atoms with van der Waals surface area (Å²) in [6.07, 6.45) is 0.757. The maximum atomic E-state index is 14.7. The first-order valence-electron chi connectivity index (χ1n) is 10.7. The fraction of sp³-hybridized carbons (Fsp3) is 0.320. The SMILES string of the molecule is C[C@H](O)c1nccn1[C@@H](C#Cc1ccc(-c2ccc(O[C@@H]3COC[C@H]3O)c(F)c2)cc1F)CO. The number of ether oxygens (including phenoxy) is 2. The summed E-state index contributed by atoms with van der Waals surface area (Å²) in [4.78, 5) is 4.05. The van der Waals surface area contributed by atoms with Crippen molar-refractivity contribution in [3.8, 4) is 28.7 Å². The fourth-order valence-corrected chi connectivity index (χ4v) is 3.65. The van der Waals surface area contributed by atoms with E-state index < -0.39 is 36.0 Å². The Morgan fingerprint density at radius 2 is 1.91 bits per heavy atom. The molecular formula is C25H24F2N2O5. The summed E-state index contributed by atoms with van der Waals surface area (Å²) in [6.45, 7) is 1.52. The Labute approximate surface area is 195 Å². The van der Waals surface area contributed by atoms with Crippen LogP contribution in [0.15, 0.2) is 48.8 Å². The Morgan fingerprint density at radius 1 is 1.18 bits per heavy atom. The zero-order chi connectivity index (χ0) is 24.2. The minimum atomic E-state index is -0.851. The molecule has 1 aliphatic heterocycles. The van der Waals surface area contributed by atoms with Crippen LogP contribution in [0, 0.1) is 23.5 Å². The van der Waals surface area contributed by atoms with E-state index in [1.165, 1.54) is 35.0 Å². The normalized spacial score (nSPS) is 19.4. The highest BCUT2D eigenvalue weighted by atomic mass is 19.1. The van der Waals surface area contributed by atoms with E-state index in [0.717, 1.165) is 0 Å². The summed E-state index contributed by atoms with van der Waals surface area (Å²) in [5.74, 6) is 4.60. The van der Waals surface area contributed by atoms with Crippen molar-refractivity contribution in [2.45, 2.75) is 31.3 Å². The molecule has 178 valence electrons. The highest BCUT2D eigenvalue weighted by Crippen LogP contribution is 2.28. The molecule has 9 heteroatoms. The van der Waals surface area contributed by atoms with Crippen molar-refractivity contribution >= 4 is 0 Å². The monoisotopic (exact) mass is 470 g/mol. The van der Waals surface area contributed by atoms with E-state index >= 15 is 0 Å². The fourth-order valence-electron chi connectivity index (χ4n) is 3.65. The molecule has 0 spiro atoms. The van der Waals surface area contributed by atoms with Crippen LogP contribution in [0.1, 0.15) is 30.5 Å². The zero-order valence-electron chi connectivity index (χ0n) is 18.4. The number of imidazole rings is 1. The van der Waals surface area contributed by atoms with Gasteiger partial charge in [0.2, 0.25) is 0 Å². The van der Waals surface area contributed by atoms with Gasteiger partial charge in [0, 0.05) is 12.4 Å². The highest BCUT2D eigenvalue weighted by Gasteiger charge is 2.28. The van der Waals surface area contributed by atoms with E-state index in [-0.39, 0.29) is 31.1 Å². The number of aliphatic hydroxyl groups is 3. The molecule has 2 aromatic carbocycles. The molecule has 1 aromatic heterocycles. The van der Waals surface area contributed by atoms with Gasteiger partial charge in [0.25, 0.3) is 0 Å². The van der Waals surface area contributed by atoms with Gasteiger partial charge >= 0.3 is 0 Å². The van der Waals surface area contributed by atoms with Gasteiger partial charge in [-0.2, -0.15) is 0 Å². The van der Waals surface area contributed by atoms with Crippen LogP contribution in [0.4, 0.5) is 8.78 Å². The molecule has 2 heterocycles. The maximum Gasteiger partial charge on any atom is 0.165 e. The van der Waals surface area contributed by atoms with E-state index in [9.17, 15) is 24.1 Å². The lowest BCUT2D eigenvalue weighted by atomic mass is 10.0. The van der Waals surface area contributed by atoms with Gasteiger partial charge in [-0.3, -0.25) is 0 Å². The van der Waals surface area contributed by atoms with Gasteiger partial charge in [0.15, 0.2) is 17.7 Å². The summed E-state index contributed by atoms with van der Waals surface area (Å²) in [5, 5.41) is 29.3. The zero-order valence-corrected chi connectivity index (χ0v) is 18.4. The molecule has 7 nitrogen and oxygen atoms in total. The summed E-state index contributed by atoms with van der Waals surface area (Å²) in [7, 11) is 0. The number of benzene rings is 2. The number of halogens is 2. The van der Waals surface area contributed by atoms with Crippen molar-refractivity contribution in [1.82, 2.24) is 9.55 Å². The molecule has 3 aromatic rings. The minimum Gasteiger partial charge on any atom is -0.482 e. The molecule has 34 heavy (non-hydrogen) atoms. The van der Waals surface area contributed by atoms with Gasteiger partial charge in [-0.05, 0) is 42.3 Å². The predicted molar refractivity (Wildman–Crippen MR) is 119 cm³/mol. The van der Waals surface area contributed by atoms with Crippen LogP contribution in [-0.4, -0.2) is 56.9 Å². The van der Waals surface area contributed by atoms with Crippen LogP contribution in [0.3, 0.4) is 0 Å². The molecule has 0 unspecified atom stereocenters. The van der Waals surface area contributed by atoms with E-state index in [2.05, 4.69) is 16.8 Å². The van der Waals surface area contributed by atoms with Gasteiger partial charge in [-0.15, -0.1) is 0 Å². The van der Waals surface area contributed by atoms with E-state index in [0.29, 0.717) is 17.0 Å². The van der Waals surface area contributed by atoms with Gasteiger partial charge in [-0.1, -0.05) is 24.0 Å². The molecule has 0 bridgehead atoms. The first-order valence-corrected chi connectivity index (χ1v) is 10.7. The lowest BCUT2D eigenvalue weighted by Crippen LogP contribution is -2.30. The molecule has 4 atom stereocenters. The van der Waals surface area contributed by atoms with Crippen molar-refractivity contribution in [3.05, 3.63) is 71.8 Å². The van der Waals surface area contributed by atoms with Crippen molar-refractivity contribution in [2.24, 2.45) is 0 Å². The molecule has 0 radical (unpaired) electrons. The van der Waals surface area contributed by atoms with Crippen LogP contribution in [0.5, 0.6) is 5.75 Å². The smallest absolute Gasteiger partial charge is 0.165 e. The minimum absolute atomic E-state index is 0.0210. The first kappa shape index (κ1) is 23.9. The van der Waals surface area contributed by atoms with Crippen LogP contribution in [0.2, 0.25) is 0 Å². The summed E-state index contributed by atoms with van der Waals surface area (Å²) in [5.41, 5.74) is 0.999. The maximum absolute atomic E-state index is 14.7. The summed E-state index contributed by atoms with van der Waals surface area (Å²) in [6, 6.07) is 7.89. The van der Waals surface area contributed by atoms with E-state index in [1.807, 2.05) is 0 Å². The molecule has 1 fully saturated rings. The molecule has 3 N–H and O–H groups in total. The van der Waals surface area contributed by atoms with Crippen LogP contribution < -0.4 is 4.74 Å². The van der Waals surface area contributed by atoms with E-state index in [1.54, 1.807) is 25.3 Å². The topological polar surface area (TPSA) is 97.0 Å². The van der Waals surface area contributed by atoms with E-state index in [4.69, 9.17) is 9.47 Å². The molecule has 0 aliphatic carbocycles. The number of hydrogen-bond acceptors (Lipinski definition) is 6. The second-order valence-electron chi connectivity index (χ2n) is 7.94. The van der Waals surface area contributed by atoms with Gasteiger partial charge in [-0.25, -0.2) is 13.8 Å². The summed E-state index contributed by atoms with van der Waals surface area (Å²) < 4.78 is 41.4.